The normalized spacial score (nSPS) is 23.2. The zero-order valence-electron chi connectivity index (χ0n) is 17.7. The number of amides is 2. The third-order valence-corrected chi connectivity index (χ3v) is 9.99. The van der Waals surface area contributed by atoms with Crippen LogP contribution in [0.15, 0.2) is 60.1 Å². The molecule has 1 aliphatic carbocycles. The number of dihydropyridines is 1. The van der Waals surface area contributed by atoms with Gasteiger partial charge in [-0.15, -0.1) is 0 Å². The van der Waals surface area contributed by atoms with E-state index in [1.165, 1.54) is 31.2 Å². The Balaban J connectivity index is 1.29. The van der Waals surface area contributed by atoms with E-state index in [2.05, 4.69) is 22.8 Å². The molecule has 0 radical (unpaired) electrons. The minimum atomic E-state index is -0.468. The Morgan fingerprint density at radius 1 is 1.13 bits per heavy atom. The van der Waals surface area contributed by atoms with Crippen molar-refractivity contribution in [3.8, 4) is 0 Å². The fraction of sp³-hybridized carbons (Fsp3) is 0.417. The van der Waals surface area contributed by atoms with Gasteiger partial charge < -0.3 is 5.32 Å². The van der Waals surface area contributed by atoms with Crippen LogP contribution in [0, 0.1) is 5.92 Å². The summed E-state index contributed by atoms with van der Waals surface area (Å²) in [6, 6.07) is 8.19. The number of nitrogens with one attached hydrogen (secondary N) is 2. The predicted molar refractivity (Wildman–Crippen MR) is 123 cm³/mol. The Morgan fingerprint density at radius 2 is 1.87 bits per heavy atom. The average molecular weight is 467 g/mol. The number of fused-ring (bicyclic) bond motifs is 1. The number of carbonyl (C=O) groups is 2. The van der Waals surface area contributed by atoms with Gasteiger partial charge in [0.1, 0.15) is 0 Å². The van der Waals surface area contributed by atoms with Gasteiger partial charge in [-0.3, -0.25) is 0 Å². The van der Waals surface area contributed by atoms with Crippen molar-refractivity contribution in [2.75, 3.05) is 11.9 Å². The van der Waals surface area contributed by atoms with Crippen molar-refractivity contribution in [1.82, 2.24) is 10.2 Å². The molecule has 1 aromatic carbocycles. The van der Waals surface area contributed by atoms with Gasteiger partial charge in [0, 0.05) is 12.4 Å². The maximum atomic E-state index is 12.6. The fourth-order valence-corrected chi connectivity index (χ4v) is 7.09. The van der Waals surface area contributed by atoms with Crippen LogP contribution in [0.5, 0.6) is 0 Å². The molecule has 0 saturated heterocycles. The number of anilines is 1. The molecule has 158 valence electrons. The van der Waals surface area contributed by atoms with Crippen molar-refractivity contribution in [2.24, 2.45) is 5.92 Å². The van der Waals surface area contributed by atoms with Gasteiger partial charge in [-0.1, -0.05) is 0 Å². The first-order chi connectivity index (χ1) is 14.5. The summed E-state index contributed by atoms with van der Waals surface area (Å²) in [7, 11) is 0. The summed E-state index contributed by atoms with van der Waals surface area (Å²) in [6.07, 6.45) is 12.4. The van der Waals surface area contributed by atoms with Crippen molar-refractivity contribution in [2.45, 2.75) is 50.2 Å². The van der Waals surface area contributed by atoms with Crippen molar-refractivity contribution < 1.29 is 9.59 Å². The van der Waals surface area contributed by atoms with Gasteiger partial charge in [-0.25, -0.2) is 0 Å². The van der Waals surface area contributed by atoms with Crippen LogP contribution in [0.2, 0.25) is 4.71 Å². The van der Waals surface area contributed by atoms with E-state index in [4.69, 9.17) is 0 Å². The number of allylic oxidation sites excluding steroid dienone is 1. The molecule has 1 saturated carbocycles. The first kappa shape index (κ1) is 21.0. The average Bonchev–Trinajstić information content (AvgIpc) is 3.19. The number of hydrogen-bond donors (Lipinski definition) is 2. The molecule has 2 aliphatic heterocycles. The maximum absolute atomic E-state index is 12.6. The van der Waals surface area contributed by atoms with Gasteiger partial charge in [0.05, 0.1) is 0 Å². The molecule has 1 aromatic rings. The zero-order chi connectivity index (χ0) is 21.1. The second-order valence-corrected chi connectivity index (χ2v) is 12.0. The Morgan fingerprint density at radius 3 is 2.53 bits per heavy atom. The third-order valence-electron chi connectivity index (χ3n) is 6.12. The van der Waals surface area contributed by atoms with Crippen LogP contribution in [0.1, 0.15) is 51.0 Å². The molecule has 1 atom stereocenters. The molecule has 2 amide bonds. The summed E-state index contributed by atoms with van der Waals surface area (Å²) < 4.78 is 1.20. The number of urea groups is 1. The molecule has 1 unspecified atom stereocenters. The molecule has 4 rings (SSSR count). The summed E-state index contributed by atoms with van der Waals surface area (Å²) in [5.41, 5.74) is 4.36. The van der Waals surface area contributed by atoms with Crippen molar-refractivity contribution in [3.63, 3.8) is 0 Å². The van der Waals surface area contributed by atoms with Crippen LogP contribution in [0.25, 0.3) is 0 Å². The second kappa shape index (κ2) is 9.26. The fourth-order valence-electron chi connectivity index (χ4n) is 4.24. The molecule has 0 bridgehead atoms. The molecule has 3 aliphatic rings. The van der Waals surface area contributed by atoms with Crippen molar-refractivity contribution >= 4 is 32.0 Å². The van der Waals surface area contributed by atoms with Crippen molar-refractivity contribution in [1.29, 1.82) is 0 Å². The minimum absolute atomic E-state index is 0.112. The van der Waals surface area contributed by atoms with E-state index in [9.17, 15) is 9.59 Å². The number of hydrogen-bond acceptors (Lipinski definition) is 3. The van der Waals surface area contributed by atoms with Gasteiger partial charge in [-0.05, 0) is 17.2 Å². The molecular formula is C24H30AsN3O2. The number of nitrogens with zero attached hydrogens (tertiary/aromatic N) is 1. The zero-order valence-corrected chi connectivity index (χ0v) is 19.7. The summed E-state index contributed by atoms with van der Waals surface area (Å²) in [4.78, 5) is 26.4. The molecule has 5 nitrogen and oxygen atoms in total. The van der Waals surface area contributed by atoms with Gasteiger partial charge in [0.2, 0.25) is 0 Å². The van der Waals surface area contributed by atoms with Gasteiger partial charge in [0.25, 0.3) is 0 Å². The monoisotopic (exact) mass is 467 g/mol. The van der Waals surface area contributed by atoms with Gasteiger partial charge in [-0.2, -0.15) is 0 Å². The number of rotatable bonds is 5. The Bertz CT molecular complexity index is 894. The van der Waals surface area contributed by atoms with Gasteiger partial charge >= 0.3 is 150 Å². The number of benzene rings is 1. The molecule has 2 heterocycles. The Kier molecular flexibility index (Phi) is 6.48. The van der Waals surface area contributed by atoms with Crippen LogP contribution in [-0.2, 0) is 4.79 Å². The first-order valence-corrected chi connectivity index (χ1v) is 13.1. The van der Waals surface area contributed by atoms with E-state index in [1.54, 1.807) is 4.90 Å². The van der Waals surface area contributed by atoms with E-state index < -0.39 is 15.8 Å². The number of carbonyl (C=O) groups excluding carboxylic acids is 2. The quantitative estimate of drug-likeness (QED) is 0.628. The SMILES string of the molecule is CC(C)C(=O)[AsH][C@H]1CC[C@@H](c2ccc(NC(=O)N3C=C4C=CNC=C4C3)cc2)CC1. The summed E-state index contributed by atoms with van der Waals surface area (Å²) in [5.74, 6) is 0.778. The second-order valence-electron chi connectivity index (χ2n) is 8.65. The van der Waals surface area contributed by atoms with Crippen LogP contribution < -0.4 is 10.6 Å². The molecule has 30 heavy (non-hydrogen) atoms. The topological polar surface area (TPSA) is 61.4 Å². The molecule has 2 N–H and O–H groups in total. The van der Waals surface area contributed by atoms with Crippen LogP contribution in [0.3, 0.4) is 0 Å². The van der Waals surface area contributed by atoms with E-state index in [-0.39, 0.29) is 11.9 Å². The van der Waals surface area contributed by atoms with Gasteiger partial charge in [0.15, 0.2) is 0 Å². The predicted octanol–water partition coefficient (Wildman–Crippen LogP) is 4.48. The molecular weight excluding hydrogens is 437 g/mol. The van der Waals surface area contributed by atoms with Crippen molar-refractivity contribution in [3.05, 3.63) is 65.7 Å². The van der Waals surface area contributed by atoms with E-state index in [0.29, 0.717) is 21.7 Å². The van der Waals surface area contributed by atoms with Crippen LogP contribution in [0.4, 0.5) is 10.5 Å². The van der Waals surface area contributed by atoms with Crippen LogP contribution in [-0.4, -0.2) is 37.8 Å². The standard InChI is InChI=1S/C24H30AsN3O2/c1-16(2)23(29)25-21-7-3-17(4-8-21)18-5-9-22(10-6-18)27-24(30)28-14-19-11-12-26-13-20(19)15-28/h5-6,9-14,16-17,21,25-26H,3-4,7-8,15H2,1-2H3,(H,27,30)/t17-,21+. The molecule has 0 spiro atoms. The van der Waals surface area contributed by atoms with E-state index in [0.717, 1.165) is 16.8 Å². The third kappa shape index (κ3) is 4.89. The molecule has 6 heteroatoms. The summed E-state index contributed by atoms with van der Waals surface area (Å²) >= 11 is -0.468. The van der Waals surface area contributed by atoms with E-state index in [1.807, 2.05) is 50.7 Å². The Hall–Kier alpha value is -2.26. The summed E-state index contributed by atoms with van der Waals surface area (Å²) in [6.45, 7) is 4.64. The molecule has 0 aromatic heterocycles. The Labute approximate surface area is 185 Å². The van der Waals surface area contributed by atoms with Crippen LogP contribution >= 0.6 is 0 Å². The molecule has 1 fully saturated rings. The van der Waals surface area contributed by atoms with E-state index >= 15 is 0 Å². The first-order valence-electron chi connectivity index (χ1n) is 10.8. The summed E-state index contributed by atoms with van der Waals surface area (Å²) in [5, 5.41) is 6.06.